The van der Waals surface area contributed by atoms with E-state index in [0.29, 0.717) is 24.8 Å². The number of thioether (sulfide) groups is 1. The summed E-state index contributed by atoms with van der Waals surface area (Å²) >= 11 is 1.42. The number of carbonyl (C=O) groups is 1. The molecule has 0 atom stereocenters. The molecule has 1 fully saturated rings. The van der Waals surface area contributed by atoms with Gasteiger partial charge in [-0.2, -0.15) is 0 Å². The number of aryl methyl sites for hydroxylation is 1. The summed E-state index contributed by atoms with van der Waals surface area (Å²) in [5, 5.41) is 9.33. The van der Waals surface area contributed by atoms with E-state index in [1.165, 1.54) is 24.6 Å². The predicted molar refractivity (Wildman–Crippen MR) is 92.8 cm³/mol. The van der Waals surface area contributed by atoms with Gasteiger partial charge in [-0.3, -0.25) is 4.79 Å². The van der Waals surface area contributed by atoms with Crippen LogP contribution in [0.4, 0.5) is 0 Å². The van der Waals surface area contributed by atoms with Crippen LogP contribution in [0.2, 0.25) is 0 Å². The summed E-state index contributed by atoms with van der Waals surface area (Å²) < 4.78 is 7.58. The quantitative estimate of drug-likeness (QED) is 0.543. The first kappa shape index (κ1) is 16.8. The number of aromatic nitrogens is 3. The van der Waals surface area contributed by atoms with Crippen molar-refractivity contribution in [2.24, 2.45) is 0 Å². The average molecular weight is 346 g/mol. The lowest BCUT2D eigenvalue weighted by molar-refractivity contribution is -0.127. The van der Waals surface area contributed by atoms with E-state index in [1.54, 1.807) is 11.9 Å². The van der Waals surface area contributed by atoms with Crippen LogP contribution in [0.5, 0.6) is 0 Å². The Morgan fingerprint density at radius 2 is 2.29 bits per heavy atom. The zero-order valence-electron chi connectivity index (χ0n) is 14.1. The van der Waals surface area contributed by atoms with Gasteiger partial charge in [0.15, 0.2) is 5.16 Å². The molecule has 128 valence electrons. The monoisotopic (exact) mass is 346 g/mol. The van der Waals surface area contributed by atoms with E-state index in [9.17, 15) is 4.79 Å². The highest BCUT2D eigenvalue weighted by Gasteiger charge is 2.30. The minimum absolute atomic E-state index is 0.0372. The lowest BCUT2D eigenvalue weighted by Crippen LogP contribution is -2.27. The van der Waals surface area contributed by atoms with Crippen molar-refractivity contribution in [1.29, 1.82) is 0 Å². The van der Waals surface area contributed by atoms with Crippen molar-refractivity contribution < 1.29 is 9.21 Å². The molecule has 0 aliphatic heterocycles. The van der Waals surface area contributed by atoms with E-state index >= 15 is 0 Å². The number of amides is 1. The third-order valence-electron chi connectivity index (χ3n) is 3.94. The molecular weight excluding hydrogens is 324 g/mol. The number of hydrogen-bond donors (Lipinski definition) is 0. The van der Waals surface area contributed by atoms with Crippen molar-refractivity contribution >= 4 is 17.7 Å². The van der Waals surface area contributed by atoms with Gasteiger partial charge in [0.25, 0.3) is 0 Å². The second kappa shape index (κ2) is 7.25. The molecule has 0 N–H and O–H groups in total. The Hall–Kier alpha value is -2.02. The molecule has 2 aromatic rings. The smallest absolute Gasteiger partial charge is 0.233 e. The SMILES string of the molecule is C=CCn1c(SCC(=O)N(C)Cc2ccc(C)o2)nnc1C1CC1. The Kier molecular flexibility index (Phi) is 5.08. The maximum absolute atomic E-state index is 12.3. The van der Waals surface area contributed by atoms with Crippen LogP contribution < -0.4 is 0 Å². The minimum atomic E-state index is 0.0372. The number of furan rings is 1. The number of carbonyl (C=O) groups excluding carboxylic acids is 1. The molecule has 0 radical (unpaired) electrons. The lowest BCUT2D eigenvalue weighted by atomic mass is 10.4. The number of rotatable bonds is 8. The van der Waals surface area contributed by atoms with Gasteiger partial charge in [-0.25, -0.2) is 0 Å². The Bertz CT molecular complexity index is 733. The third kappa shape index (κ3) is 3.90. The van der Waals surface area contributed by atoms with Crippen LogP contribution in [0.1, 0.15) is 36.1 Å². The summed E-state index contributed by atoms with van der Waals surface area (Å²) in [4.78, 5) is 14.0. The normalized spacial score (nSPS) is 13.9. The zero-order chi connectivity index (χ0) is 17.1. The fraction of sp³-hybridized carbons (Fsp3) is 0.471. The summed E-state index contributed by atoms with van der Waals surface area (Å²) in [6.07, 6.45) is 4.18. The fourth-order valence-corrected chi connectivity index (χ4v) is 3.37. The van der Waals surface area contributed by atoms with Gasteiger partial charge >= 0.3 is 0 Å². The lowest BCUT2D eigenvalue weighted by Gasteiger charge is -2.15. The van der Waals surface area contributed by atoms with Crippen LogP contribution in [0.15, 0.2) is 34.4 Å². The second-order valence-electron chi connectivity index (χ2n) is 6.07. The highest BCUT2D eigenvalue weighted by Crippen LogP contribution is 2.40. The number of hydrogen-bond acceptors (Lipinski definition) is 5. The van der Waals surface area contributed by atoms with Crippen LogP contribution in [-0.4, -0.2) is 38.4 Å². The van der Waals surface area contributed by atoms with Crippen LogP contribution in [-0.2, 0) is 17.9 Å². The van der Waals surface area contributed by atoms with Crippen molar-refractivity contribution in [2.45, 2.75) is 43.9 Å². The van der Waals surface area contributed by atoms with Gasteiger partial charge < -0.3 is 13.9 Å². The van der Waals surface area contributed by atoms with Crippen LogP contribution in [0.3, 0.4) is 0 Å². The summed E-state index contributed by atoms with van der Waals surface area (Å²) in [6, 6.07) is 3.80. The van der Waals surface area contributed by atoms with Gasteiger partial charge in [0.2, 0.25) is 5.91 Å². The molecular formula is C17H22N4O2S. The molecule has 2 aromatic heterocycles. The Labute approximate surface area is 145 Å². The summed E-state index contributed by atoms with van der Waals surface area (Å²) in [5.41, 5.74) is 0. The van der Waals surface area contributed by atoms with Crippen LogP contribution in [0, 0.1) is 6.92 Å². The molecule has 0 unspecified atom stereocenters. The van der Waals surface area contributed by atoms with Gasteiger partial charge in [0.1, 0.15) is 17.3 Å². The largest absolute Gasteiger partial charge is 0.464 e. The molecule has 24 heavy (non-hydrogen) atoms. The number of allylic oxidation sites excluding steroid dienone is 1. The summed E-state index contributed by atoms with van der Waals surface area (Å²) in [5.74, 6) is 3.55. The van der Waals surface area contributed by atoms with E-state index < -0.39 is 0 Å². The highest BCUT2D eigenvalue weighted by molar-refractivity contribution is 7.99. The summed E-state index contributed by atoms with van der Waals surface area (Å²) in [7, 11) is 1.78. The highest BCUT2D eigenvalue weighted by atomic mass is 32.2. The van der Waals surface area contributed by atoms with Gasteiger partial charge in [-0.15, -0.1) is 16.8 Å². The number of nitrogens with zero attached hydrogens (tertiary/aromatic N) is 4. The minimum Gasteiger partial charge on any atom is -0.464 e. The maximum Gasteiger partial charge on any atom is 0.233 e. The van der Waals surface area contributed by atoms with Crippen molar-refractivity contribution in [3.8, 4) is 0 Å². The zero-order valence-corrected chi connectivity index (χ0v) is 14.9. The predicted octanol–water partition coefficient (Wildman–Crippen LogP) is 2.99. The molecule has 1 saturated carbocycles. The standard InChI is InChI=1S/C17H22N4O2S/c1-4-9-21-16(13-6-7-13)18-19-17(21)24-11-15(22)20(3)10-14-8-5-12(2)23-14/h4-5,8,13H,1,6-7,9-11H2,2-3H3. The van der Waals surface area contributed by atoms with Crippen LogP contribution in [0.25, 0.3) is 0 Å². The Morgan fingerprint density at radius 1 is 1.50 bits per heavy atom. The molecule has 0 bridgehead atoms. The van der Waals surface area contributed by atoms with Crippen LogP contribution >= 0.6 is 11.8 Å². The van der Waals surface area contributed by atoms with Gasteiger partial charge in [0, 0.05) is 19.5 Å². The van der Waals surface area contributed by atoms with E-state index in [2.05, 4.69) is 21.3 Å². The molecule has 2 heterocycles. The van der Waals surface area contributed by atoms with Gasteiger partial charge in [0.05, 0.1) is 12.3 Å². The van der Waals surface area contributed by atoms with Gasteiger partial charge in [-0.05, 0) is 31.9 Å². The van der Waals surface area contributed by atoms with E-state index in [0.717, 1.165) is 22.5 Å². The fourth-order valence-electron chi connectivity index (χ4n) is 2.48. The molecule has 0 saturated heterocycles. The topological polar surface area (TPSA) is 64.2 Å². The first-order valence-corrected chi connectivity index (χ1v) is 9.03. The second-order valence-corrected chi connectivity index (χ2v) is 7.01. The molecule has 7 heteroatoms. The molecule has 0 aromatic carbocycles. The Balaban J connectivity index is 1.58. The van der Waals surface area contributed by atoms with Gasteiger partial charge in [-0.1, -0.05) is 17.8 Å². The molecule has 1 aliphatic rings. The molecule has 3 rings (SSSR count). The molecule has 1 amide bonds. The summed E-state index contributed by atoms with van der Waals surface area (Å²) in [6.45, 7) is 6.84. The van der Waals surface area contributed by atoms with Crippen molar-refractivity contribution in [2.75, 3.05) is 12.8 Å². The van der Waals surface area contributed by atoms with Crippen molar-refractivity contribution in [3.63, 3.8) is 0 Å². The van der Waals surface area contributed by atoms with E-state index in [1.807, 2.05) is 25.1 Å². The molecule has 6 nitrogen and oxygen atoms in total. The first-order chi connectivity index (χ1) is 11.6. The third-order valence-corrected chi connectivity index (χ3v) is 4.89. The molecule has 1 aliphatic carbocycles. The Morgan fingerprint density at radius 3 is 2.92 bits per heavy atom. The maximum atomic E-state index is 12.3. The van der Waals surface area contributed by atoms with Crippen molar-refractivity contribution in [1.82, 2.24) is 19.7 Å². The molecule has 0 spiro atoms. The van der Waals surface area contributed by atoms with Crippen molar-refractivity contribution in [3.05, 3.63) is 42.1 Å². The van der Waals surface area contributed by atoms with E-state index in [-0.39, 0.29) is 5.91 Å². The first-order valence-electron chi connectivity index (χ1n) is 8.04. The average Bonchev–Trinajstić information content (AvgIpc) is 3.21. The van der Waals surface area contributed by atoms with E-state index in [4.69, 9.17) is 4.42 Å².